The van der Waals surface area contributed by atoms with Gasteiger partial charge < -0.3 is 9.64 Å². The summed E-state index contributed by atoms with van der Waals surface area (Å²) >= 11 is 1.57. The highest BCUT2D eigenvalue weighted by atomic mass is 32.1. The largest absolute Gasteiger partial charge is 0.373 e. The quantitative estimate of drug-likeness (QED) is 0.767. The van der Waals surface area contributed by atoms with E-state index in [2.05, 4.69) is 6.92 Å². The molecular formula is C13H17NO2S. The monoisotopic (exact) mass is 251 g/mol. The number of fused-ring (bicyclic) bond motifs is 1. The molecule has 17 heavy (non-hydrogen) atoms. The molecule has 0 bridgehead atoms. The van der Waals surface area contributed by atoms with Crippen molar-refractivity contribution in [3.05, 3.63) is 22.4 Å². The van der Waals surface area contributed by atoms with Gasteiger partial charge >= 0.3 is 0 Å². The molecule has 0 spiro atoms. The number of rotatable bonds is 1. The van der Waals surface area contributed by atoms with Crippen LogP contribution in [0.2, 0.25) is 0 Å². The highest BCUT2D eigenvalue weighted by Crippen LogP contribution is 2.33. The Bertz CT molecular complexity index is 404. The molecule has 0 N–H and O–H groups in total. The Hall–Kier alpha value is -0.870. The minimum atomic E-state index is 0.160. The third kappa shape index (κ3) is 2.11. The summed E-state index contributed by atoms with van der Waals surface area (Å²) in [5.41, 5.74) is 0.819. The minimum Gasteiger partial charge on any atom is -0.373 e. The van der Waals surface area contributed by atoms with Gasteiger partial charge in [0.2, 0.25) is 0 Å². The summed E-state index contributed by atoms with van der Waals surface area (Å²) in [7, 11) is 0. The third-order valence-corrected chi connectivity index (χ3v) is 4.48. The number of nitrogens with zero attached hydrogens (tertiary/aromatic N) is 1. The van der Waals surface area contributed by atoms with Gasteiger partial charge in [0.05, 0.1) is 17.8 Å². The molecule has 2 saturated heterocycles. The van der Waals surface area contributed by atoms with Crippen LogP contribution in [0.1, 0.15) is 30.1 Å². The van der Waals surface area contributed by atoms with Crippen LogP contribution in [0.3, 0.4) is 0 Å². The van der Waals surface area contributed by atoms with Crippen molar-refractivity contribution >= 4 is 17.2 Å². The molecule has 3 atom stereocenters. The first kappa shape index (κ1) is 11.2. The van der Waals surface area contributed by atoms with E-state index in [1.807, 2.05) is 21.7 Å². The van der Waals surface area contributed by atoms with Gasteiger partial charge in [-0.25, -0.2) is 0 Å². The van der Waals surface area contributed by atoms with E-state index in [0.29, 0.717) is 12.0 Å². The van der Waals surface area contributed by atoms with E-state index in [0.717, 1.165) is 31.5 Å². The molecule has 2 aliphatic heterocycles. The summed E-state index contributed by atoms with van der Waals surface area (Å²) in [6, 6.07) is 1.90. The van der Waals surface area contributed by atoms with E-state index in [1.54, 1.807) is 11.3 Å². The zero-order valence-corrected chi connectivity index (χ0v) is 10.8. The molecule has 92 valence electrons. The van der Waals surface area contributed by atoms with Gasteiger partial charge in [0.1, 0.15) is 0 Å². The third-order valence-electron chi connectivity index (χ3n) is 3.79. The van der Waals surface area contributed by atoms with Gasteiger partial charge in [-0.1, -0.05) is 0 Å². The molecule has 3 rings (SSSR count). The topological polar surface area (TPSA) is 29.5 Å². The number of carbonyl (C=O) groups is 1. The van der Waals surface area contributed by atoms with Crippen molar-refractivity contribution in [3.8, 4) is 0 Å². The van der Waals surface area contributed by atoms with Gasteiger partial charge in [0.25, 0.3) is 5.91 Å². The van der Waals surface area contributed by atoms with E-state index in [1.165, 1.54) is 0 Å². The van der Waals surface area contributed by atoms with E-state index in [9.17, 15) is 4.79 Å². The lowest BCUT2D eigenvalue weighted by molar-refractivity contribution is 0.00158. The second-order valence-corrected chi connectivity index (χ2v) is 5.81. The molecule has 1 aromatic rings. The fraction of sp³-hybridized carbons (Fsp3) is 0.615. The fourth-order valence-electron chi connectivity index (χ4n) is 2.92. The van der Waals surface area contributed by atoms with Gasteiger partial charge in [-0.3, -0.25) is 4.79 Å². The zero-order chi connectivity index (χ0) is 11.8. The summed E-state index contributed by atoms with van der Waals surface area (Å²) in [5.74, 6) is 0.823. The Labute approximate surface area is 105 Å². The Kier molecular flexibility index (Phi) is 2.92. The molecule has 0 aromatic carbocycles. The van der Waals surface area contributed by atoms with Crippen LogP contribution in [0, 0.1) is 5.92 Å². The second-order valence-electron chi connectivity index (χ2n) is 5.03. The van der Waals surface area contributed by atoms with Crippen LogP contribution in [0.25, 0.3) is 0 Å². The van der Waals surface area contributed by atoms with E-state index in [4.69, 9.17) is 4.74 Å². The number of likely N-dealkylation sites (tertiary alicyclic amines) is 1. The molecule has 0 aliphatic carbocycles. The van der Waals surface area contributed by atoms with Gasteiger partial charge in [-0.05, 0) is 37.1 Å². The molecule has 3 heterocycles. The number of amides is 1. The number of hydrogen-bond acceptors (Lipinski definition) is 3. The Morgan fingerprint density at radius 1 is 1.59 bits per heavy atom. The van der Waals surface area contributed by atoms with Gasteiger partial charge in [0.15, 0.2) is 0 Å². The van der Waals surface area contributed by atoms with Crippen LogP contribution in [-0.2, 0) is 4.74 Å². The Morgan fingerprint density at radius 2 is 2.47 bits per heavy atom. The molecule has 0 radical (unpaired) electrons. The minimum absolute atomic E-state index is 0.160. The molecule has 1 amide bonds. The highest BCUT2D eigenvalue weighted by molar-refractivity contribution is 7.08. The van der Waals surface area contributed by atoms with Crippen LogP contribution in [0.5, 0.6) is 0 Å². The molecule has 0 saturated carbocycles. The molecule has 0 unspecified atom stereocenters. The number of hydrogen-bond donors (Lipinski definition) is 0. The standard InChI is InChI=1S/C13H17NO2S/c1-9-6-10-2-4-14(7-12(10)16-9)13(15)11-3-5-17-8-11/h3,5,8-10,12H,2,4,6-7H2,1H3/t9-,10-,12+/m1/s1. The zero-order valence-electron chi connectivity index (χ0n) is 9.96. The first-order chi connectivity index (χ1) is 8.24. The van der Waals surface area contributed by atoms with Gasteiger partial charge in [-0.2, -0.15) is 11.3 Å². The fourth-order valence-corrected chi connectivity index (χ4v) is 3.55. The van der Waals surface area contributed by atoms with Crippen LogP contribution < -0.4 is 0 Å². The first-order valence-corrected chi connectivity index (χ1v) is 7.15. The molecule has 4 heteroatoms. The molecular weight excluding hydrogens is 234 g/mol. The molecule has 2 aliphatic rings. The molecule has 1 aromatic heterocycles. The summed E-state index contributed by atoms with van der Waals surface area (Å²) in [6.07, 6.45) is 2.87. The summed E-state index contributed by atoms with van der Waals surface area (Å²) in [4.78, 5) is 14.2. The lowest BCUT2D eigenvalue weighted by Crippen LogP contribution is -2.45. The number of ether oxygens (including phenoxy) is 1. The summed E-state index contributed by atoms with van der Waals surface area (Å²) < 4.78 is 5.87. The Balaban J connectivity index is 1.69. The smallest absolute Gasteiger partial charge is 0.254 e. The predicted octanol–water partition coefficient (Wildman–Crippen LogP) is 2.39. The summed E-state index contributed by atoms with van der Waals surface area (Å²) in [5, 5.41) is 3.88. The van der Waals surface area contributed by atoms with Crippen molar-refractivity contribution in [2.45, 2.75) is 32.0 Å². The van der Waals surface area contributed by atoms with Crippen LogP contribution in [0.4, 0.5) is 0 Å². The average Bonchev–Trinajstić information content (AvgIpc) is 2.94. The van der Waals surface area contributed by atoms with Crippen molar-refractivity contribution in [2.75, 3.05) is 13.1 Å². The normalized spacial score (nSPS) is 32.5. The van der Waals surface area contributed by atoms with Crippen molar-refractivity contribution in [1.82, 2.24) is 4.90 Å². The van der Waals surface area contributed by atoms with Crippen molar-refractivity contribution < 1.29 is 9.53 Å². The van der Waals surface area contributed by atoms with E-state index in [-0.39, 0.29) is 12.0 Å². The predicted molar refractivity (Wildman–Crippen MR) is 67.3 cm³/mol. The number of thiophene rings is 1. The van der Waals surface area contributed by atoms with Gasteiger partial charge in [-0.15, -0.1) is 0 Å². The van der Waals surface area contributed by atoms with Crippen LogP contribution >= 0.6 is 11.3 Å². The highest BCUT2D eigenvalue weighted by Gasteiger charge is 2.38. The molecule has 2 fully saturated rings. The average molecular weight is 251 g/mol. The van der Waals surface area contributed by atoms with E-state index >= 15 is 0 Å². The molecule has 3 nitrogen and oxygen atoms in total. The van der Waals surface area contributed by atoms with E-state index < -0.39 is 0 Å². The SMILES string of the molecule is C[C@@H]1C[C@H]2CCN(C(=O)c3ccsc3)C[C@@H]2O1. The maximum absolute atomic E-state index is 12.2. The van der Waals surface area contributed by atoms with Crippen molar-refractivity contribution in [3.63, 3.8) is 0 Å². The van der Waals surface area contributed by atoms with Gasteiger partial charge in [0, 0.05) is 18.5 Å². The maximum atomic E-state index is 12.2. The first-order valence-electron chi connectivity index (χ1n) is 6.21. The van der Waals surface area contributed by atoms with Crippen molar-refractivity contribution in [2.24, 2.45) is 5.92 Å². The van der Waals surface area contributed by atoms with Crippen LogP contribution in [-0.4, -0.2) is 36.1 Å². The van der Waals surface area contributed by atoms with Crippen LogP contribution in [0.15, 0.2) is 16.8 Å². The lowest BCUT2D eigenvalue weighted by atomic mass is 9.92. The lowest BCUT2D eigenvalue weighted by Gasteiger charge is -2.34. The Morgan fingerprint density at radius 3 is 3.24 bits per heavy atom. The maximum Gasteiger partial charge on any atom is 0.254 e. The number of carbonyl (C=O) groups excluding carboxylic acids is 1. The summed E-state index contributed by atoms with van der Waals surface area (Å²) in [6.45, 7) is 3.78. The second kappa shape index (κ2) is 4.42. The van der Waals surface area contributed by atoms with Crippen molar-refractivity contribution in [1.29, 1.82) is 0 Å². The number of piperidine rings is 1.